The maximum Gasteiger partial charge on any atom is 0.416 e. The van der Waals surface area contributed by atoms with Gasteiger partial charge in [0.25, 0.3) is 5.69 Å². The number of benzene rings is 1. The van der Waals surface area contributed by atoms with E-state index in [1.54, 1.807) is 54.0 Å². The number of anilines is 2. The topological polar surface area (TPSA) is 115 Å². The fraction of sp³-hybridized carbons (Fsp3) is 0.500. The van der Waals surface area contributed by atoms with E-state index in [0.29, 0.717) is 22.9 Å². The van der Waals surface area contributed by atoms with E-state index in [1.165, 1.54) is 45.4 Å². The number of nitrogens with zero attached hydrogens (tertiary/aromatic N) is 4. The molecule has 0 spiro atoms. The molecule has 1 aromatic heterocycles. The Morgan fingerprint density at radius 3 is 2.09 bits per heavy atom. The van der Waals surface area contributed by atoms with Crippen LogP contribution in [0.4, 0.5) is 26.1 Å². The number of carbonyl (C=O) groups excluding carboxylic acids is 2. The summed E-state index contributed by atoms with van der Waals surface area (Å²) in [7, 11) is 1.58. The van der Waals surface area contributed by atoms with E-state index in [2.05, 4.69) is 4.98 Å². The van der Waals surface area contributed by atoms with Gasteiger partial charge in [0.2, 0.25) is 0 Å². The van der Waals surface area contributed by atoms with Gasteiger partial charge in [0, 0.05) is 43.2 Å². The molecule has 0 aliphatic rings. The van der Waals surface area contributed by atoms with Gasteiger partial charge >= 0.3 is 12.2 Å². The maximum absolute atomic E-state index is 12.8. The van der Waals surface area contributed by atoms with E-state index in [0.717, 1.165) is 0 Å². The van der Waals surface area contributed by atoms with Gasteiger partial charge in [-0.05, 0) is 53.7 Å². The second-order valence-electron chi connectivity index (χ2n) is 9.32. The standard InChI is InChI=1S/C22H30N4O6S/c1-21(2,3)31-19(27)24(7)18-23-15(14-33-18)12-13-25(20(28)32-22(4,5)6)16-8-10-17(11-9-16)26(29)30/h8-11,14H,12-13H2,1-7H3. The lowest BCUT2D eigenvalue weighted by Crippen LogP contribution is -2.38. The Balaban J connectivity index is 2.16. The number of nitro groups is 1. The van der Waals surface area contributed by atoms with Crippen molar-refractivity contribution in [1.29, 1.82) is 0 Å². The molecule has 33 heavy (non-hydrogen) atoms. The van der Waals surface area contributed by atoms with E-state index in [1.807, 2.05) is 0 Å². The molecule has 0 fully saturated rings. The highest BCUT2D eigenvalue weighted by atomic mass is 32.1. The Morgan fingerprint density at radius 2 is 1.58 bits per heavy atom. The Kier molecular flexibility index (Phi) is 8.02. The number of rotatable bonds is 6. The van der Waals surface area contributed by atoms with Crippen molar-refractivity contribution >= 4 is 40.0 Å². The van der Waals surface area contributed by atoms with Crippen molar-refractivity contribution < 1.29 is 24.0 Å². The summed E-state index contributed by atoms with van der Waals surface area (Å²) < 4.78 is 10.9. The van der Waals surface area contributed by atoms with Gasteiger partial charge in [-0.15, -0.1) is 11.3 Å². The van der Waals surface area contributed by atoms with Crippen molar-refractivity contribution in [2.75, 3.05) is 23.4 Å². The molecule has 0 aliphatic heterocycles. The molecule has 2 amide bonds. The molecule has 0 bridgehead atoms. The van der Waals surface area contributed by atoms with E-state index in [4.69, 9.17) is 9.47 Å². The third-order valence-corrected chi connectivity index (χ3v) is 5.04. The van der Waals surface area contributed by atoms with Crippen LogP contribution in [0.3, 0.4) is 0 Å². The zero-order chi connectivity index (χ0) is 25.0. The summed E-state index contributed by atoms with van der Waals surface area (Å²) in [5.41, 5.74) is -0.251. The molecule has 2 rings (SSSR count). The number of hydrogen-bond donors (Lipinski definition) is 0. The molecular weight excluding hydrogens is 448 g/mol. The summed E-state index contributed by atoms with van der Waals surface area (Å²) in [4.78, 5) is 42.8. The number of ether oxygens (including phenoxy) is 2. The molecule has 11 heteroatoms. The number of nitro benzene ring substituents is 1. The molecule has 0 radical (unpaired) electrons. The number of aromatic nitrogens is 1. The van der Waals surface area contributed by atoms with Crippen molar-refractivity contribution in [2.45, 2.75) is 59.2 Å². The molecular formula is C22H30N4O6S. The summed E-state index contributed by atoms with van der Waals surface area (Å²) in [5.74, 6) is 0. The molecule has 0 saturated heterocycles. The minimum absolute atomic E-state index is 0.0720. The van der Waals surface area contributed by atoms with Gasteiger partial charge in [-0.2, -0.15) is 0 Å². The zero-order valence-corrected chi connectivity index (χ0v) is 20.8. The number of carbonyl (C=O) groups is 2. The fourth-order valence-electron chi connectivity index (χ4n) is 2.60. The van der Waals surface area contributed by atoms with Gasteiger partial charge < -0.3 is 9.47 Å². The van der Waals surface area contributed by atoms with Crippen molar-refractivity contribution in [3.05, 3.63) is 45.5 Å². The van der Waals surface area contributed by atoms with Gasteiger partial charge in [-0.3, -0.25) is 19.9 Å². The minimum atomic E-state index is -0.708. The molecule has 0 aliphatic carbocycles. The molecule has 0 saturated carbocycles. The van der Waals surface area contributed by atoms with Crippen LogP contribution in [0.5, 0.6) is 0 Å². The summed E-state index contributed by atoms with van der Waals surface area (Å²) in [6, 6.07) is 5.68. The molecule has 1 aromatic carbocycles. The van der Waals surface area contributed by atoms with Crippen molar-refractivity contribution in [3.8, 4) is 0 Å². The van der Waals surface area contributed by atoms with Crippen LogP contribution < -0.4 is 9.80 Å². The van der Waals surface area contributed by atoms with Crippen LogP contribution in [0.15, 0.2) is 29.6 Å². The predicted molar refractivity (Wildman–Crippen MR) is 127 cm³/mol. The average molecular weight is 479 g/mol. The molecule has 0 unspecified atom stereocenters. The van der Waals surface area contributed by atoms with Gasteiger partial charge in [-0.1, -0.05) is 0 Å². The van der Waals surface area contributed by atoms with E-state index in [-0.39, 0.29) is 12.2 Å². The second-order valence-corrected chi connectivity index (χ2v) is 10.2. The van der Waals surface area contributed by atoms with Gasteiger partial charge in [0.1, 0.15) is 11.2 Å². The highest BCUT2D eigenvalue weighted by Gasteiger charge is 2.25. The van der Waals surface area contributed by atoms with Gasteiger partial charge in [0.15, 0.2) is 5.13 Å². The van der Waals surface area contributed by atoms with Crippen LogP contribution in [0.25, 0.3) is 0 Å². The van der Waals surface area contributed by atoms with Crippen LogP contribution in [0.1, 0.15) is 47.2 Å². The number of thiazole rings is 1. The molecule has 2 aromatic rings. The first-order valence-electron chi connectivity index (χ1n) is 10.3. The Bertz CT molecular complexity index is 992. The first-order valence-corrected chi connectivity index (χ1v) is 11.2. The second kappa shape index (κ2) is 10.2. The van der Waals surface area contributed by atoms with Gasteiger partial charge in [0.05, 0.1) is 10.6 Å². The van der Waals surface area contributed by atoms with Crippen LogP contribution in [-0.2, 0) is 15.9 Å². The number of hydrogen-bond acceptors (Lipinski definition) is 8. The Hall–Kier alpha value is -3.21. The Labute approximate surface area is 197 Å². The smallest absolute Gasteiger partial charge is 0.416 e. The summed E-state index contributed by atoms with van der Waals surface area (Å²) >= 11 is 1.29. The molecule has 1 heterocycles. The lowest BCUT2D eigenvalue weighted by molar-refractivity contribution is -0.384. The third kappa shape index (κ3) is 8.01. The van der Waals surface area contributed by atoms with Crippen LogP contribution in [-0.4, -0.2) is 46.9 Å². The normalized spacial score (nSPS) is 11.6. The highest BCUT2D eigenvalue weighted by Crippen LogP contribution is 2.25. The number of amides is 2. The van der Waals surface area contributed by atoms with E-state index < -0.39 is 28.3 Å². The van der Waals surface area contributed by atoms with Gasteiger partial charge in [-0.25, -0.2) is 14.6 Å². The van der Waals surface area contributed by atoms with Crippen molar-refractivity contribution in [1.82, 2.24) is 4.98 Å². The van der Waals surface area contributed by atoms with Crippen molar-refractivity contribution in [2.24, 2.45) is 0 Å². The summed E-state index contributed by atoms with van der Waals surface area (Å²) in [6.45, 7) is 10.9. The monoisotopic (exact) mass is 478 g/mol. The predicted octanol–water partition coefficient (Wildman–Crippen LogP) is 5.41. The maximum atomic E-state index is 12.8. The van der Waals surface area contributed by atoms with Crippen LogP contribution in [0, 0.1) is 10.1 Å². The molecule has 0 atom stereocenters. The van der Waals surface area contributed by atoms with Crippen LogP contribution in [0.2, 0.25) is 0 Å². The Morgan fingerprint density at radius 1 is 1.03 bits per heavy atom. The lowest BCUT2D eigenvalue weighted by Gasteiger charge is -2.27. The minimum Gasteiger partial charge on any atom is -0.443 e. The third-order valence-electron chi connectivity index (χ3n) is 4.07. The van der Waals surface area contributed by atoms with E-state index >= 15 is 0 Å². The lowest BCUT2D eigenvalue weighted by atomic mass is 10.2. The molecule has 0 N–H and O–H groups in total. The molecule has 180 valence electrons. The van der Waals surface area contributed by atoms with E-state index in [9.17, 15) is 19.7 Å². The summed E-state index contributed by atoms with van der Waals surface area (Å²) in [5, 5.41) is 13.2. The number of non-ortho nitro benzene ring substituents is 1. The highest BCUT2D eigenvalue weighted by molar-refractivity contribution is 7.14. The first-order chi connectivity index (χ1) is 15.2. The summed E-state index contributed by atoms with van der Waals surface area (Å²) in [6.07, 6.45) is -0.697. The SMILES string of the molecule is CN(C(=O)OC(C)(C)C)c1nc(CCN(C(=O)OC(C)(C)C)c2ccc([N+](=O)[O-])cc2)cs1. The van der Waals surface area contributed by atoms with Crippen LogP contribution >= 0.6 is 11.3 Å². The molecule has 10 nitrogen and oxygen atoms in total. The van der Waals surface area contributed by atoms with Crippen molar-refractivity contribution in [3.63, 3.8) is 0 Å². The first kappa shape index (κ1) is 26.0. The largest absolute Gasteiger partial charge is 0.443 e. The zero-order valence-electron chi connectivity index (χ0n) is 19.9. The average Bonchev–Trinajstić information content (AvgIpc) is 3.14. The quantitative estimate of drug-likeness (QED) is 0.403. The fourth-order valence-corrected chi connectivity index (χ4v) is 3.41.